The van der Waals surface area contributed by atoms with E-state index in [0.717, 1.165) is 27.2 Å². The molecule has 3 rings (SSSR count). The molecule has 1 amide bonds. The molecular weight excluding hydrogens is 292 g/mol. The van der Waals surface area contributed by atoms with Crippen LogP contribution in [0.25, 0.3) is 10.2 Å². The van der Waals surface area contributed by atoms with E-state index in [0.29, 0.717) is 0 Å². The lowest BCUT2D eigenvalue weighted by Gasteiger charge is -2.15. The van der Waals surface area contributed by atoms with Gasteiger partial charge in [0.25, 0.3) is 5.91 Å². The predicted octanol–water partition coefficient (Wildman–Crippen LogP) is 5.15. The van der Waals surface area contributed by atoms with Gasteiger partial charge in [-0.3, -0.25) is 4.79 Å². The highest BCUT2D eigenvalue weighted by Crippen LogP contribution is 2.29. The summed E-state index contributed by atoms with van der Waals surface area (Å²) in [4.78, 5) is 12.7. The molecule has 3 aromatic rings. The van der Waals surface area contributed by atoms with Crippen LogP contribution in [0.2, 0.25) is 0 Å². The van der Waals surface area contributed by atoms with Gasteiger partial charge in [0.1, 0.15) is 5.69 Å². The SMILES string of the molecule is Cc1ccc(NC(=O)c2cc3sccc3n2C(C)C)c(C)c1. The van der Waals surface area contributed by atoms with Crippen LogP contribution in [0.1, 0.15) is 41.5 Å². The van der Waals surface area contributed by atoms with Crippen molar-refractivity contribution in [3.8, 4) is 0 Å². The number of carbonyl (C=O) groups is 1. The van der Waals surface area contributed by atoms with Crippen LogP contribution in [-0.4, -0.2) is 10.5 Å². The molecule has 0 radical (unpaired) electrons. The number of anilines is 1. The number of nitrogens with one attached hydrogen (secondary N) is 1. The van der Waals surface area contributed by atoms with Crippen molar-refractivity contribution in [2.24, 2.45) is 0 Å². The third-order valence-corrected chi connectivity index (χ3v) is 4.69. The summed E-state index contributed by atoms with van der Waals surface area (Å²) in [6.07, 6.45) is 0. The van der Waals surface area contributed by atoms with Crippen molar-refractivity contribution < 1.29 is 4.79 Å². The van der Waals surface area contributed by atoms with E-state index < -0.39 is 0 Å². The van der Waals surface area contributed by atoms with Crippen LogP contribution in [-0.2, 0) is 0 Å². The molecule has 0 saturated heterocycles. The zero-order chi connectivity index (χ0) is 15.9. The van der Waals surface area contributed by atoms with Crippen molar-refractivity contribution in [2.45, 2.75) is 33.7 Å². The van der Waals surface area contributed by atoms with Crippen molar-refractivity contribution >= 4 is 33.1 Å². The minimum absolute atomic E-state index is 0.0518. The maximum Gasteiger partial charge on any atom is 0.272 e. The topological polar surface area (TPSA) is 34.0 Å². The molecule has 3 nitrogen and oxygen atoms in total. The lowest BCUT2D eigenvalue weighted by Crippen LogP contribution is -2.18. The van der Waals surface area contributed by atoms with Gasteiger partial charge in [0, 0.05) is 11.7 Å². The number of carbonyl (C=O) groups excluding carboxylic acids is 1. The number of aryl methyl sites for hydroxylation is 2. The largest absolute Gasteiger partial charge is 0.333 e. The first kappa shape index (κ1) is 14.9. The summed E-state index contributed by atoms with van der Waals surface area (Å²) in [6.45, 7) is 8.27. The monoisotopic (exact) mass is 312 g/mol. The Morgan fingerprint density at radius 3 is 2.64 bits per heavy atom. The number of rotatable bonds is 3. The Balaban J connectivity index is 1.98. The first-order valence-electron chi connectivity index (χ1n) is 7.44. The molecule has 0 spiro atoms. The van der Waals surface area contributed by atoms with E-state index in [-0.39, 0.29) is 11.9 Å². The zero-order valence-electron chi connectivity index (χ0n) is 13.3. The fraction of sp³-hybridized carbons (Fsp3) is 0.278. The van der Waals surface area contributed by atoms with Crippen molar-refractivity contribution in [3.63, 3.8) is 0 Å². The molecule has 114 valence electrons. The standard InChI is InChI=1S/C18H20N2OS/c1-11(2)20-15-7-8-22-17(15)10-16(20)18(21)19-14-6-5-12(3)9-13(14)4/h5-11H,1-4H3,(H,19,21). The third-order valence-electron chi connectivity index (χ3n) is 3.84. The molecule has 0 aliphatic carbocycles. The van der Waals surface area contributed by atoms with Crippen molar-refractivity contribution in [2.75, 3.05) is 5.32 Å². The maximum absolute atomic E-state index is 12.7. The molecule has 0 aliphatic heterocycles. The fourth-order valence-corrected chi connectivity index (χ4v) is 3.63. The highest BCUT2D eigenvalue weighted by Gasteiger charge is 2.18. The Bertz CT molecular complexity index is 842. The molecular formula is C18H20N2OS. The molecule has 0 aliphatic rings. The molecule has 2 heterocycles. The molecule has 0 unspecified atom stereocenters. The average Bonchev–Trinajstić information content (AvgIpc) is 3.01. The third kappa shape index (κ3) is 2.55. The number of benzene rings is 1. The Kier molecular flexibility index (Phi) is 3.79. The summed E-state index contributed by atoms with van der Waals surface area (Å²) in [6, 6.07) is 10.4. The van der Waals surface area contributed by atoms with E-state index in [1.807, 2.05) is 25.1 Å². The quantitative estimate of drug-likeness (QED) is 0.712. The van der Waals surface area contributed by atoms with E-state index in [2.05, 4.69) is 48.2 Å². The Morgan fingerprint density at radius 1 is 1.18 bits per heavy atom. The molecule has 0 atom stereocenters. The van der Waals surface area contributed by atoms with Gasteiger partial charge in [0.15, 0.2) is 0 Å². The number of hydrogen-bond donors (Lipinski definition) is 1. The Hall–Kier alpha value is -2.07. The van der Waals surface area contributed by atoms with Crippen LogP contribution in [0.4, 0.5) is 5.69 Å². The summed E-state index contributed by atoms with van der Waals surface area (Å²) in [5.41, 5.74) is 5.00. The molecule has 2 aromatic heterocycles. The van der Waals surface area contributed by atoms with Gasteiger partial charge in [-0.2, -0.15) is 0 Å². The number of hydrogen-bond acceptors (Lipinski definition) is 2. The normalized spacial score (nSPS) is 11.3. The van der Waals surface area contributed by atoms with Crippen LogP contribution in [0.3, 0.4) is 0 Å². The fourth-order valence-electron chi connectivity index (χ4n) is 2.82. The first-order valence-corrected chi connectivity index (χ1v) is 8.32. The molecule has 1 aromatic carbocycles. The van der Waals surface area contributed by atoms with Crippen molar-refractivity contribution in [1.29, 1.82) is 0 Å². The molecule has 0 saturated carbocycles. The van der Waals surface area contributed by atoms with Gasteiger partial charge in [-0.15, -0.1) is 11.3 Å². The summed E-state index contributed by atoms with van der Waals surface area (Å²) >= 11 is 1.67. The van der Waals surface area contributed by atoms with Crippen molar-refractivity contribution in [3.05, 3.63) is 52.5 Å². The Morgan fingerprint density at radius 2 is 1.95 bits per heavy atom. The maximum atomic E-state index is 12.7. The van der Waals surface area contributed by atoms with Gasteiger partial charge in [-0.25, -0.2) is 0 Å². The van der Waals surface area contributed by atoms with Crippen LogP contribution in [0.5, 0.6) is 0 Å². The number of thiophene rings is 1. The molecule has 1 N–H and O–H groups in total. The van der Waals surface area contributed by atoms with Gasteiger partial charge in [-0.05, 0) is 56.8 Å². The number of fused-ring (bicyclic) bond motifs is 1. The second-order valence-corrected chi connectivity index (χ2v) is 6.88. The van der Waals surface area contributed by atoms with Gasteiger partial charge in [0.05, 0.1) is 10.2 Å². The minimum atomic E-state index is -0.0518. The summed E-state index contributed by atoms with van der Waals surface area (Å²) < 4.78 is 3.25. The van der Waals surface area contributed by atoms with Crippen LogP contribution in [0.15, 0.2) is 35.7 Å². The van der Waals surface area contributed by atoms with Gasteiger partial charge < -0.3 is 9.88 Å². The molecule has 0 fully saturated rings. The minimum Gasteiger partial charge on any atom is -0.333 e. The number of amides is 1. The van der Waals surface area contributed by atoms with Crippen LogP contribution in [0, 0.1) is 13.8 Å². The van der Waals surface area contributed by atoms with E-state index >= 15 is 0 Å². The molecule has 22 heavy (non-hydrogen) atoms. The second-order valence-electron chi connectivity index (χ2n) is 5.94. The average molecular weight is 312 g/mol. The summed E-state index contributed by atoms with van der Waals surface area (Å²) in [7, 11) is 0. The van der Waals surface area contributed by atoms with E-state index in [9.17, 15) is 4.79 Å². The smallest absolute Gasteiger partial charge is 0.272 e. The van der Waals surface area contributed by atoms with E-state index in [4.69, 9.17) is 0 Å². The van der Waals surface area contributed by atoms with Crippen LogP contribution >= 0.6 is 11.3 Å². The first-order chi connectivity index (χ1) is 10.5. The van der Waals surface area contributed by atoms with E-state index in [1.165, 1.54) is 5.56 Å². The highest BCUT2D eigenvalue weighted by atomic mass is 32.1. The molecule has 4 heteroatoms. The van der Waals surface area contributed by atoms with Gasteiger partial charge in [-0.1, -0.05) is 17.7 Å². The highest BCUT2D eigenvalue weighted by molar-refractivity contribution is 7.17. The zero-order valence-corrected chi connectivity index (χ0v) is 14.1. The number of aromatic nitrogens is 1. The lowest BCUT2D eigenvalue weighted by molar-refractivity contribution is 0.101. The van der Waals surface area contributed by atoms with Crippen LogP contribution < -0.4 is 5.32 Å². The van der Waals surface area contributed by atoms with Crippen molar-refractivity contribution in [1.82, 2.24) is 4.57 Å². The predicted molar refractivity (Wildman–Crippen MR) is 94.1 cm³/mol. The second kappa shape index (κ2) is 5.61. The molecule has 0 bridgehead atoms. The number of nitrogens with zero attached hydrogens (tertiary/aromatic N) is 1. The van der Waals surface area contributed by atoms with Gasteiger partial charge >= 0.3 is 0 Å². The Labute approximate surface area is 134 Å². The van der Waals surface area contributed by atoms with Gasteiger partial charge in [0.2, 0.25) is 0 Å². The summed E-state index contributed by atoms with van der Waals surface area (Å²) in [5, 5.41) is 5.11. The lowest BCUT2D eigenvalue weighted by atomic mass is 10.1. The summed E-state index contributed by atoms with van der Waals surface area (Å²) in [5.74, 6) is -0.0518. The van der Waals surface area contributed by atoms with E-state index in [1.54, 1.807) is 11.3 Å².